The molecule has 0 atom stereocenters. The maximum atomic E-state index is 5.34. The number of nitrogens with zero attached hydrogens (tertiary/aromatic N) is 5. The molecule has 0 N–H and O–H groups in total. The van der Waals surface area contributed by atoms with Crippen LogP contribution < -0.4 is 0 Å². The SMILES string of the molecule is CC(C)(C)c1nc(Cc2ccccc2-n2c3ccc(-c4ccccc4)cc3c3cc(-c4ccccc4)ccc32)nc(-c2ccccc2-n2c3ccccc3c3ccccc32)n1. The van der Waals surface area contributed by atoms with Crippen molar-refractivity contribution >= 4 is 43.6 Å². The largest absolute Gasteiger partial charge is 0.309 e. The van der Waals surface area contributed by atoms with Gasteiger partial charge in [-0.25, -0.2) is 15.0 Å². The zero-order chi connectivity index (χ0) is 41.1. The van der Waals surface area contributed by atoms with Gasteiger partial charge in [0.2, 0.25) is 0 Å². The number of hydrogen-bond acceptors (Lipinski definition) is 3. The van der Waals surface area contributed by atoms with Crippen molar-refractivity contribution in [2.75, 3.05) is 0 Å². The van der Waals surface area contributed by atoms with Crippen molar-refractivity contribution in [3.63, 3.8) is 0 Å². The van der Waals surface area contributed by atoms with E-state index in [4.69, 9.17) is 15.0 Å². The van der Waals surface area contributed by atoms with E-state index in [0.717, 1.165) is 56.2 Å². The second kappa shape index (κ2) is 14.6. The van der Waals surface area contributed by atoms with E-state index >= 15 is 0 Å². The van der Waals surface area contributed by atoms with Crippen LogP contribution in [0.15, 0.2) is 194 Å². The van der Waals surface area contributed by atoms with Crippen molar-refractivity contribution in [2.24, 2.45) is 0 Å². The number of rotatable bonds is 7. The molecule has 0 aliphatic rings. The molecule has 11 rings (SSSR count). The van der Waals surface area contributed by atoms with Crippen LogP contribution in [0.5, 0.6) is 0 Å². The average Bonchev–Trinajstić information content (AvgIpc) is 3.81. The molecule has 0 aliphatic carbocycles. The summed E-state index contributed by atoms with van der Waals surface area (Å²) in [6.45, 7) is 6.52. The first-order chi connectivity index (χ1) is 29.9. The molecular weight excluding hydrogens is 743 g/mol. The predicted octanol–water partition coefficient (Wildman–Crippen LogP) is 14.0. The molecule has 0 bridgehead atoms. The summed E-state index contributed by atoms with van der Waals surface area (Å²) in [5.74, 6) is 2.17. The van der Waals surface area contributed by atoms with Gasteiger partial charge in [0.1, 0.15) is 11.6 Å². The first-order valence-electron chi connectivity index (χ1n) is 21.0. The molecule has 292 valence electrons. The van der Waals surface area contributed by atoms with Gasteiger partial charge >= 0.3 is 0 Å². The highest BCUT2D eigenvalue weighted by Gasteiger charge is 2.24. The summed E-state index contributed by atoms with van der Waals surface area (Å²) < 4.78 is 4.78. The minimum Gasteiger partial charge on any atom is -0.309 e. The summed E-state index contributed by atoms with van der Waals surface area (Å²) in [5.41, 5.74) is 13.3. The zero-order valence-electron chi connectivity index (χ0n) is 34.4. The highest BCUT2D eigenvalue weighted by atomic mass is 15.1. The van der Waals surface area contributed by atoms with Crippen molar-refractivity contribution in [1.29, 1.82) is 0 Å². The normalized spacial score (nSPS) is 11.9. The summed E-state index contributed by atoms with van der Waals surface area (Å²) in [5, 5.41) is 4.86. The molecule has 0 amide bonds. The highest BCUT2D eigenvalue weighted by molar-refractivity contribution is 6.12. The number of para-hydroxylation sites is 4. The van der Waals surface area contributed by atoms with Crippen LogP contribution in [0, 0.1) is 0 Å². The molecule has 0 saturated carbocycles. The molecule has 5 nitrogen and oxygen atoms in total. The third-order valence-corrected chi connectivity index (χ3v) is 11.9. The van der Waals surface area contributed by atoms with Crippen molar-refractivity contribution < 1.29 is 0 Å². The quantitative estimate of drug-likeness (QED) is 0.162. The van der Waals surface area contributed by atoms with E-state index in [1.54, 1.807) is 0 Å². The minimum atomic E-state index is -0.312. The van der Waals surface area contributed by atoms with Gasteiger partial charge in [-0.15, -0.1) is 0 Å². The van der Waals surface area contributed by atoms with Crippen molar-refractivity contribution in [3.8, 4) is 45.0 Å². The van der Waals surface area contributed by atoms with Crippen molar-refractivity contribution in [2.45, 2.75) is 32.6 Å². The number of aromatic nitrogens is 5. The lowest BCUT2D eigenvalue weighted by Gasteiger charge is -2.20. The van der Waals surface area contributed by atoms with E-state index in [1.807, 2.05) is 0 Å². The van der Waals surface area contributed by atoms with Crippen LogP contribution in [0.3, 0.4) is 0 Å². The number of fused-ring (bicyclic) bond motifs is 6. The Hall–Kier alpha value is -7.63. The highest BCUT2D eigenvalue weighted by Crippen LogP contribution is 2.39. The van der Waals surface area contributed by atoms with Gasteiger partial charge < -0.3 is 9.13 Å². The minimum absolute atomic E-state index is 0.312. The Morgan fingerprint density at radius 1 is 0.393 bits per heavy atom. The van der Waals surface area contributed by atoms with Crippen LogP contribution >= 0.6 is 0 Å². The van der Waals surface area contributed by atoms with Gasteiger partial charge in [0.15, 0.2) is 5.82 Å². The Morgan fingerprint density at radius 3 is 1.46 bits per heavy atom. The molecule has 0 radical (unpaired) electrons. The van der Waals surface area contributed by atoms with Gasteiger partial charge in [-0.3, -0.25) is 0 Å². The molecule has 0 unspecified atom stereocenters. The fourth-order valence-corrected chi connectivity index (χ4v) is 8.95. The van der Waals surface area contributed by atoms with E-state index in [-0.39, 0.29) is 5.41 Å². The molecular formula is C56H43N5. The molecule has 8 aromatic carbocycles. The summed E-state index contributed by atoms with van der Waals surface area (Å²) in [4.78, 5) is 15.8. The average molecular weight is 786 g/mol. The van der Waals surface area contributed by atoms with Gasteiger partial charge in [0, 0.05) is 44.6 Å². The van der Waals surface area contributed by atoms with Gasteiger partial charge in [0.05, 0.1) is 27.8 Å². The van der Waals surface area contributed by atoms with Gasteiger partial charge in [-0.2, -0.15) is 0 Å². The molecule has 0 fully saturated rings. The fraction of sp³-hybridized carbons (Fsp3) is 0.0893. The van der Waals surface area contributed by atoms with Gasteiger partial charge in [0.25, 0.3) is 0 Å². The molecule has 0 saturated heterocycles. The molecule has 11 aromatic rings. The Balaban J connectivity index is 1.08. The topological polar surface area (TPSA) is 48.5 Å². The van der Waals surface area contributed by atoms with Gasteiger partial charge in [-0.1, -0.05) is 160 Å². The van der Waals surface area contributed by atoms with E-state index < -0.39 is 0 Å². The Bertz CT molecular complexity index is 3270. The smallest absolute Gasteiger partial charge is 0.165 e. The molecule has 0 spiro atoms. The summed E-state index contributed by atoms with van der Waals surface area (Å²) >= 11 is 0. The van der Waals surface area contributed by atoms with E-state index in [0.29, 0.717) is 12.2 Å². The maximum Gasteiger partial charge on any atom is 0.165 e. The third-order valence-electron chi connectivity index (χ3n) is 11.9. The third kappa shape index (κ3) is 6.37. The number of benzene rings is 8. The van der Waals surface area contributed by atoms with Crippen LogP contribution in [-0.2, 0) is 11.8 Å². The first-order valence-corrected chi connectivity index (χ1v) is 21.0. The summed E-state index contributed by atoms with van der Waals surface area (Å²) in [7, 11) is 0. The Kier molecular flexibility index (Phi) is 8.71. The molecule has 61 heavy (non-hydrogen) atoms. The molecule has 5 heteroatoms. The standard InChI is InChI=1S/C56H43N5/c1-56(2,3)55-58-53(57-54(59-55)44-25-13-17-29-50(44)61-48-27-15-11-23-42(48)43-24-12-16-28-49(43)61)36-41-22-10-14-26-47(41)60-51-32-30-39(37-18-6-4-7-19-37)34-45(51)46-35-40(31-33-52(46)60)38-20-8-5-9-21-38/h4-35H,36H2,1-3H3. The monoisotopic (exact) mass is 785 g/mol. The fourth-order valence-electron chi connectivity index (χ4n) is 8.95. The van der Waals surface area contributed by atoms with Crippen LogP contribution in [0.4, 0.5) is 0 Å². The van der Waals surface area contributed by atoms with Crippen LogP contribution in [0.1, 0.15) is 38.0 Å². The van der Waals surface area contributed by atoms with Crippen LogP contribution in [0.2, 0.25) is 0 Å². The molecule has 3 aromatic heterocycles. The lowest BCUT2D eigenvalue weighted by molar-refractivity contribution is 0.538. The van der Waals surface area contributed by atoms with Crippen LogP contribution in [-0.4, -0.2) is 24.1 Å². The van der Waals surface area contributed by atoms with Crippen molar-refractivity contribution in [1.82, 2.24) is 24.1 Å². The Morgan fingerprint density at radius 2 is 0.869 bits per heavy atom. The van der Waals surface area contributed by atoms with E-state index in [9.17, 15) is 0 Å². The van der Waals surface area contributed by atoms with Crippen molar-refractivity contribution in [3.05, 3.63) is 211 Å². The van der Waals surface area contributed by atoms with E-state index in [1.165, 1.54) is 43.8 Å². The first kappa shape index (κ1) is 36.4. The Labute approximate surface area is 355 Å². The zero-order valence-corrected chi connectivity index (χ0v) is 34.4. The second-order valence-electron chi connectivity index (χ2n) is 16.9. The summed E-state index contributed by atoms with van der Waals surface area (Å²) in [6.07, 6.45) is 0.525. The lowest BCUT2D eigenvalue weighted by atomic mass is 9.95. The maximum absolute atomic E-state index is 5.34. The van der Waals surface area contributed by atoms with Gasteiger partial charge in [-0.05, 0) is 82.4 Å². The second-order valence-corrected chi connectivity index (χ2v) is 16.9. The molecule has 3 heterocycles. The van der Waals surface area contributed by atoms with E-state index in [2.05, 4.69) is 224 Å². The van der Waals surface area contributed by atoms with Crippen LogP contribution in [0.25, 0.3) is 88.6 Å². The predicted molar refractivity (Wildman–Crippen MR) is 253 cm³/mol. The number of hydrogen-bond donors (Lipinski definition) is 0. The lowest BCUT2D eigenvalue weighted by Crippen LogP contribution is -2.19. The summed E-state index contributed by atoms with van der Waals surface area (Å²) in [6, 6.07) is 69.5. The molecule has 0 aliphatic heterocycles.